The molecular formula is C16H8Cl4N2. The van der Waals surface area contributed by atoms with Crippen LogP contribution in [0.25, 0.3) is 0 Å². The van der Waals surface area contributed by atoms with Crippen LogP contribution in [0.5, 0.6) is 0 Å². The third-order valence-corrected chi connectivity index (χ3v) is 5.50. The van der Waals surface area contributed by atoms with Crippen molar-refractivity contribution in [3.8, 4) is 12.1 Å². The van der Waals surface area contributed by atoms with Crippen molar-refractivity contribution in [1.82, 2.24) is 0 Å². The summed E-state index contributed by atoms with van der Waals surface area (Å²) >= 11 is 25.8. The highest BCUT2D eigenvalue weighted by Crippen LogP contribution is 2.57. The third kappa shape index (κ3) is 2.76. The van der Waals surface area contributed by atoms with Crippen LogP contribution < -0.4 is 0 Å². The van der Waals surface area contributed by atoms with Gasteiger partial charge in [0.25, 0.3) is 0 Å². The van der Waals surface area contributed by atoms with Gasteiger partial charge in [0.1, 0.15) is 0 Å². The van der Waals surface area contributed by atoms with E-state index in [4.69, 9.17) is 46.4 Å². The number of alkyl halides is 4. The van der Waals surface area contributed by atoms with Gasteiger partial charge in [0, 0.05) is 11.1 Å². The van der Waals surface area contributed by atoms with Crippen LogP contribution in [0.15, 0.2) is 48.5 Å². The van der Waals surface area contributed by atoms with Crippen LogP contribution >= 0.6 is 46.4 Å². The number of nitrogens with zero attached hydrogens (tertiary/aromatic N) is 2. The molecule has 0 aromatic heterocycles. The first-order valence-corrected chi connectivity index (χ1v) is 7.62. The van der Waals surface area contributed by atoms with Crippen LogP contribution in [0, 0.1) is 22.7 Å². The minimum Gasteiger partial charge on any atom is -0.192 e. The lowest BCUT2D eigenvalue weighted by atomic mass is 9.96. The van der Waals surface area contributed by atoms with E-state index in [-0.39, 0.29) is 22.3 Å². The molecule has 0 unspecified atom stereocenters. The molecule has 0 N–H and O–H groups in total. The fourth-order valence-electron chi connectivity index (χ4n) is 2.05. The summed E-state index contributed by atoms with van der Waals surface area (Å²) < 4.78 is -3.65. The van der Waals surface area contributed by atoms with E-state index in [1.807, 2.05) is 12.1 Å². The summed E-state index contributed by atoms with van der Waals surface area (Å²) in [5.41, 5.74) is 1.07. The van der Waals surface area contributed by atoms with Gasteiger partial charge in [0.15, 0.2) is 8.67 Å². The standard InChI is InChI=1S/C16H8Cl4N2/c17-15(18,13-7-3-1-5-11(13)9-21)16(19,20)14-8-4-2-6-12(14)10-22/h1-8H. The normalized spacial score (nSPS) is 11.5. The van der Waals surface area contributed by atoms with Gasteiger partial charge in [0.05, 0.1) is 23.3 Å². The number of halogens is 4. The van der Waals surface area contributed by atoms with Crippen molar-refractivity contribution in [3.63, 3.8) is 0 Å². The largest absolute Gasteiger partial charge is 0.192 e. The van der Waals surface area contributed by atoms with Crippen molar-refractivity contribution in [2.24, 2.45) is 0 Å². The fraction of sp³-hybridized carbons (Fsp3) is 0.125. The highest BCUT2D eigenvalue weighted by molar-refractivity contribution is 6.61. The minimum atomic E-state index is -1.82. The lowest BCUT2D eigenvalue weighted by molar-refractivity contribution is 0.728. The zero-order valence-corrected chi connectivity index (χ0v) is 14.0. The Balaban J connectivity index is 2.66. The molecule has 0 saturated carbocycles. The van der Waals surface area contributed by atoms with E-state index >= 15 is 0 Å². The van der Waals surface area contributed by atoms with Crippen LogP contribution in [0.2, 0.25) is 0 Å². The van der Waals surface area contributed by atoms with E-state index < -0.39 is 8.67 Å². The second-order valence-electron chi connectivity index (χ2n) is 4.46. The number of hydrogen-bond acceptors (Lipinski definition) is 2. The van der Waals surface area contributed by atoms with Crippen molar-refractivity contribution >= 4 is 46.4 Å². The molecule has 0 amide bonds. The predicted molar refractivity (Wildman–Crippen MR) is 89.1 cm³/mol. The van der Waals surface area contributed by atoms with E-state index in [1.165, 1.54) is 0 Å². The molecule has 0 atom stereocenters. The molecule has 0 aliphatic heterocycles. The monoisotopic (exact) mass is 368 g/mol. The van der Waals surface area contributed by atoms with E-state index in [9.17, 15) is 10.5 Å². The fourth-order valence-corrected chi connectivity index (χ4v) is 3.11. The number of hydrogen-bond donors (Lipinski definition) is 0. The van der Waals surface area contributed by atoms with Crippen molar-refractivity contribution in [2.45, 2.75) is 8.67 Å². The van der Waals surface area contributed by atoms with Crippen LogP contribution in [0.3, 0.4) is 0 Å². The minimum absolute atomic E-state index is 0.257. The summed E-state index contributed by atoms with van der Waals surface area (Å²) in [7, 11) is 0. The Morgan fingerprint density at radius 3 is 1.27 bits per heavy atom. The molecule has 0 bridgehead atoms. The Hall–Kier alpha value is -1.42. The SMILES string of the molecule is N#Cc1ccccc1C(Cl)(Cl)C(Cl)(Cl)c1ccccc1C#N. The first-order chi connectivity index (χ1) is 10.4. The zero-order valence-electron chi connectivity index (χ0n) is 11.0. The average Bonchev–Trinajstić information content (AvgIpc) is 2.54. The predicted octanol–water partition coefficient (Wildman–Crippen LogP) is 5.39. The molecule has 2 aromatic carbocycles. The molecule has 22 heavy (non-hydrogen) atoms. The molecular weight excluding hydrogens is 362 g/mol. The first-order valence-electron chi connectivity index (χ1n) is 6.11. The van der Waals surface area contributed by atoms with Gasteiger partial charge in [0.2, 0.25) is 0 Å². The molecule has 2 rings (SSSR count). The van der Waals surface area contributed by atoms with Gasteiger partial charge in [-0.3, -0.25) is 0 Å². The quantitative estimate of drug-likeness (QED) is 0.680. The van der Waals surface area contributed by atoms with Gasteiger partial charge in [-0.2, -0.15) is 10.5 Å². The highest BCUT2D eigenvalue weighted by Gasteiger charge is 2.51. The van der Waals surface area contributed by atoms with E-state index in [2.05, 4.69) is 0 Å². The van der Waals surface area contributed by atoms with Crippen LogP contribution in [-0.2, 0) is 8.67 Å². The second-order valence-corrected chi connectivity index (χ2v) is 7.12. The highest BCUT2D eigenvalue weighted by atomic mass is 35.5. The number of benzene rings is 2. The van der Waals surface area contributed by atoms with Crippen LogP contribution in [-0.4, -0.2) is 0 Å². The molecule has 0 spiro atoms. The maximum Gasteiger partial charge on any atom is 0.181 e. The molecule has 0 radical (unpaired) electrons. The van der Waals surface area contributed by atoms with Gasteiger partial charge in [-0.15, -0.1) is 0 Å². The summed E-state index contributed by atoms with van der Waals surface area (Å²) in [5.74, 6) is 0. The first kappa shape index (κ1) is 16.9. The van der Waals surface area contributed by atoms with Crippen molar-refractivity contribution in [2.75, 3.05) is 0 Å². The summed E-state index contributed by atoms with van der Waals surface area (Å²) in [6.45, 7) is 0. The number of rotatable bonds is 3. The topological polar surface area (TPSA) is 47.6 Å². The van der Waals surface area contributed by atoms with Crippen molar-refractivity contribution in [3.05, 3.63) is 70.8 Å². The maximum absolute atomic E-state index is 9.21. The molecule has 2 nitrogen and oxygen atoms in total. The third-order valence-electron chi connectivity index (χ3n) is 3.17. The summed E-state index contributed by atoms with van der Waals surface area (Å²) in [6.07, 6.45) is 0. The van der Waals surface area contributed by atoms with E-state index in [1.54, 1.807) is 48.5 Å². The lowest BCUT2D eigenvalue weighted by Gasteiger charge is -2.34. The molecule has 0 saturated heterocycles. The van der Waals surface area contributed by atoms with Crippen molar-refractivity contribution in [1.29, 1.82) is 10.5 Å². The molecule has 110 valence electrons. The molecule has 2 aromatic rings. The maximum atomic E-state index is 9.21. The molecule has 0 heterocycles. The van der Waals surface area contributed by atoms with Gasteiger partial charge in [-0.05, 0) is 12.1 Å². The van der Waals surface area contributed by atoms with Crippen LogP contribution in [0.4, 0.5) is 0 Å². The van der Waals surface area contributed by atoms with Crippen molar-refractivity contribution < 1.29 is 0 Å². The lowest BCUT2D eigenvalue weighted by Crippen LogP contribution is -2.33. The smallest absolute Gasteiger partial charge is 0.181 e. The van der Waals surface area contributed by atoms with Gasteiger partial charge in [-0.1, -0.05) is 82.8 Å². The molecule has 0 aliphatic carbocycles. The van der Waals surface area contributed by atoms with Gasteiger partial charge in [-0.25, -0.2) is 0 Å². The zero-order chi connectivity index (χ0) is 16.4. The summed E-state index contributed by atoms with van der Waals surface area (Å²) in [4.78, 5) is 0. The molecule has 0 fully saturated rings. The Morgan fingerprint density at radius 1 is 0.636 bits per heavy atom. The van der Waals surface area contributed by atoms with Gasteiger partial charge >= 0.3 is 0 Å². The molecule has 6 heteroatoms. The van der Waals surface area contributed by atoms with E-state index in [0.29, 0.717) is 0 Å². The summed E-state index contributed by atoms with van der Waals surface area (Å²) in [5, 5.41) is 18.4. The van der Waals surface area contributed by atoms with Gasteiger partial charge < -0.3 is 0 Å². The molecule has 0 aliphatic rings. The Labute approximate surface area is 148 Å². The average molecular weight is 370 g/mol. The van der Waals surface area contributed by atoms with E-state index in [0.717, 1.165) is 0 Å². The Kier molecular flexibility index (Phi) is 4.90. The number of nitriles is 2. The summed E-state index contributed by atoms with van der Waals surface area (Å²) in [6, 6.07) is 17.0. The van der Waals surface area contributed by atoms with Crippen LogP contribution in [0.1, 0.15) is 22.3 Å². The Morgan fingerprint density at radius 2 is 0.955 bits per heavy atom. The Bertz CT molecular complexity index is 718. The second kappa shape index (κ2) is 6.37.